The topological polar surface area (TPSA) is 75.6 Å². The Bertz CT molecular complexity index is 533. The average molecular weight is 279 g/mol. The van der Waals surface area contributed by atoms with Crippen LogP contribution in [0.1, 0.15) is 41.8 Å². The molecule has 0 aliphatic carbocycles. The third-order valence-electron chi connectivity index (χ3n) is 3.55. The maximum absolute atomic E-state index is 12.3. The molecular formula is C15H21NO4. The molecule has 0 saturated carbocycles. The molecule has 0 aliphatic heterocycles. The minimum atomic E-state index is -1.07. The lowest BCUT2D eigenvalue weighted by atomic mass is 10.00. The molecule has 5 heteroatoms. The Morgan fingerprint density at radius 1 is 1.35 bits per heavy atom. The molecular weight excluding hydrogens is 258 g/mol. The fraction of sp³-hybridized carbons (Fsp3) is 0.467. The molecule has 0 aromatic heterocycles. The first kappa shape index (κ1) is 16.2. The maximum Gasteiger partial charge on any atom is 0.337 e. The van der Waals surface area contributed by atoms with Crippen LogP contribution in [0.5, 0.6) is 0 Å². The molecule has 1 atom stereocenters. The van der Waals surface area contributed by atoms with Gasteiger partial charge in [-0.1, -0.05) is 13.0 Å². The zero-order valence-electron chi connectivity index (χ0n) is 12.5. The first-order chi connectivity index (χ1) is 9.25. The Morgan fingerprint density at radius 3 is 2.40 bits per heavy atom. The average Bonchev–Trinajstić information content (AvgIpc) is 2.39. The number of carboxylic acids is 1. The number of amides is 1. The predicted molar refractivity (Wildman–Crippen MR) is 77.2 cm³/mol. The molecule has 0 spiro atoms. The van der Waals surface area contributed by atoms with Crippen LogP contribution < -0.4 is 5.32 Å². The van der Waals surface area contributed by atoms with E-state index in [1.54, 1.807) is 19.9 Å². The number of hydrogen-bond acceptors (Lipinski definition) is 3. The molecule has 1 aromatic rings. The fourth-order valence-corrected chi connectivity index (χ4v) is 1.95. The molecule has 0 aliphatic rings. The Balaban J connectivity index is 3.22. The summed E-state index contributed by atoms with van der Waals surface area (Å²) in [6.45, 7) is 7.09. The van der Waals surface area contributed by atoms with Gasteiger partial charge in [-0.15, -0.1) is 0 Å². The van der Waals surface area contributed by atoms with E-state index in [0.29, 0.717) is 17.7 Å². The van der Waals surface area contributed by atoms with Crippen LogP contribution in [0.3, 0.4) is 0 Å². The monoisotopic (exact) mass is 279 g/mol. The van der Waals surface area contributed by atoms with Crippen LogP contribution in [-0.4, -0.2) is 29.7 Å². The number of anilines is 1. The number of rotatable bonds is 5. The third kappa shape index (κ3) is 3.17. The molecule has 0 bridgehead atoms. The van der Waals surface area contributed by atoms with Crippen LogP contribution in [0.2, 0.25) is 0 Å². The fourth-order valence-electron chi connectivity index (χ4n) is 1.95. The van der Waals surface area contributed by atoms with Crippen LogP contribution in [0.15, 0.2) is 12.1 Å². The van der Waals surface area contributed by atoms with Crippen LogP contribution in [-0.2, 0) is 9.53 Å². The van der Waals surface area contributed by atoms with E-state index in [-0.39, 0.29) is 11.5 Å². The molecule has 1 amide bonds. The SMILES string of the molecule is CCC(C)(OC)C(=O)Nc1c(C)cc(C)cc1C(=O)O. The van der Waals surface area contributed by atoms with Crippen LogP contribution in [0.4, 0.5) is 5.69 Å². The first-order valence-corrected chi connectivity index (χ1v) is 6.46. The van der Waals surface area contributed by atoms with E-state index in [4.69, 9.17) is 4.74 Å². The number of hydrogen-bond donors (Lipinski definition) is 2. The van der Waals surface area contributed by atoms with Crippen LogP contribution in [0, 0.1) is 13.8 Å². The summed E-state index contributed by atoms with van der Waals surface area (Å²) in [5.74, 6) is -1.42. The normalized spacial score (nSPS) is 13.7. The summed E-state index contributed by atoms with van der Waals surface area (Å²) < 4.78 is 5.23. The van der Waals surface area contributed by atoms with Gasteiger partial charge in [-0.3, -0.25) is 4.79 Å². The molecule has 2 N–H and O–H groups in total. The summed E-state index contributed by atoms with van der Waals surface area (Å²) in [7, 11) is 1.46. The van der Waals surface area contributed by atoms with Crippen molar-refractivity contribution < 1.29 is 19.4 Å². The Kier molecular flexibility index (Phi) is 4.89. The van der Waals surface area contributed by atoms with Crippen LogP contribution in [0.25, 0.3) is 0 Å². The van der Waals surface area contributed by atoms with E-state index in [0.717, 1.165) is 5.56 Å². The van der Waals surface area contributed by atoms with E-state index in [1.807, 2.05) is 19.9 Å². The number of methoxy groups -OCH3 is 1. The lowest BCUT2D eigenvalue weighted by Gasteiger charge is -2.26. The molecule has 1 unspecified atom stereocenters. The van der Waals surface area contributed by atoms with Gasteiger partial charge in [0.2, 0.25) is 0 Å². The molecule has 5 nitrogen and oxygen atoms in total. The second-order valence-corrected chi connectivity index (χ2v) is 5.05. The predicted octanol–water partition coefficient (Wildman–Crippen LogP) is 2.76. The molecule has 1 aromatic carbocycles. The summed E-state index contributed by atoms with van der Waals surface area (Å²) in [6, 6.07) is 3.37. The van der Waals surface area contributed by atoms with Crippen LogP contribution >= 0.6 is 0 Å². The van der Waals surface area contributed by atoms with Crippen molar-refractivity contribution in [3.05, 3.63) is 28.8 Å². The summed E-state index contributed by atoms with van der Waals surface area (Å²) >= 11 is 0. The van der Waals surface area contributed by atoms with Crippen molar-refractivity contribution >= 4 is 17.6 Å². The zero-order valence-corrected chi connectivity index (χ0v) is 12.5. The van der Waals surface area contributed by atoms with Gasteiger partial charge in [-0.05, 0) is 44.4 Å². The van der Waals surface area contributed by atoms with Gasteiger partial charge in [0.05, 0.1) is 11.3 Å². The minimum absolute atomic E-state index is 0.0883. The quantitative estimate of drug-likeness (QED) is 0.869. The van der Waals surface area contributed by atoms with Gasteiger partial charge < -0.3 is 15.2 Å². The summed E-state index contributed by atoms with van der Waals surface area (Å²) in [4.78, 5) is 23.6. The molecule has 20 heavy (non-hydrogen) atoms. The Hall–Kier alpha value is -1.88. The largest absolute Gasteiger partial charge is 0.478 e. The van der Waals surface area contributed by atoms with Crippen molar-refractivity contribution in [1.82, 2.24) is 0 Å². The number of ether oxygens (including phenoxy) is 1. The second kappa shape index (κ2) is 6.05. The highest BCUT2D eigenvalue weighted by atomic mass is 16.5. The number of carbonyl (C=O) groups is 2. The number of carbonyl (C=O) groups excluding carboxylic acids is 1. The number of carboxylic acid groups (broad SMARTS) is 1. The van der Waals surface area contributed by atoms with E-state index in [9.17, 15) is 14.7 Å². The van der Waals surface area contributed by atoms with E-state index in [2.05, 4.69) is 5.32 Å². The Morgan fingerprint density at radius 2 is 1.95 bits per heavy atom. The molecule has 0 heterocycles. The number of nitrogens with one attached hydrogen (secondary N) is 1. The van der Waals surface area contributed by atoms with Gasteiger partial charge in [0.1, 0.15) is 5.60 Å². The van der Waals surface area contributed by atoms with Gasteiger partial charge in [-0.25, -0.2) is 4.79 Å². The van der Waals surface area contributed by atoms with Crippen molar-refractivity contribution in [2.45, 2.75) is 39.7 Å². The van der Waals surface area contributed by atoms with Gasteiger partial charge in [0.25, 0.3) is 5.91 Å². The van der Waals surface area contributed by atoms with E-state index in [1.165, 1.54) is 7.11 Å². The minimum Gasteiger partial charge on any atom is -0.478 e. The van der Waals surface area contributed by atoms with Gasteiger partial charge in [-0.2, -0.15) is 0 Å². The number of aryl methyl sites for hydroxylation is 2. The molecule has 1 rings (SSSR count). The summed E-state index contributed by atoms with van der Waals surface area (Å²) in [5.41, 5.74) is 0.982. The standard InChI is InChI=1S/C15H21NO4/c1-6-15(4,20-5)14(19)16-12-10(3)7-9(2)8-11(12)13(17)18/h7-8H,6H2,1-5H3,(H,16,19)(H,17,18). The van der Waals surface area contributed by atoms with E-state index >= 15 is 0 Å². The lowest BCUT2D eigenvalue weighted by Crippen LogP contribution is -2.41. The van der Waals surface area contributed by atoms with Gasteiger partial charge >= 0.3 is 5.97 Å². The highest BCUT2D eigenvalue weighted by Crippen LogP contribution is 2.25. The third-order valence-corrected chi connectivity index (χ3v) is 3.55. The summed E-state index contributed by atoms with van der Waals surface area (Å²) in [6.07, 6.45) is 0.489. The lowest BCUT2D eigenvalue weighted by molar-refractivity contribution is -0.136. The summed E-state index contributed by atoms with van der Waals surface area (Å²) in [5, 5.41) is 11.9. The molecule has 0 fully saturated rings. The van der Waals surface area contributed by atoms with Crippen molar-refractivity contribution in [3.63, 3.8) is 0 Å². The number of aromatic carboxylic acids is 1. The smallest absolute Gasteiger partial charge is 0.337 e. The highest BCUT2D eigenvalue weighted by Gasteiger charge is 2.32. The second-order valence-electron chi connectivity index (χ2n) is 5.05. The first-order valence-electron chi connectivity index (χ1n) is 6.46. The van der Waals surface area contributed by atoms with E-state index < -0.39 is 11.6 Å². The molecule has 0 saturated heterocycles. The van der Waals surface area contributed by atoms with Gasteiger partial charge in [0.15, 0.2) is 0 Å². The van der Waals surface area contributed by atoms with Gasteiger partial charge in [0, 0.05) is 7.11 Å². The maximum atomic E-state index is 12.3. The Labute approximate surface area is 118 Å². The number of benzene rings is 1. The molecule has 0 radical (unpaired) electrons. The molecule has 110 valence electrons. The van der Waals surface area contributed by atoms with Crippen molar-refractivity contribution in [2.24, 2.45) is 0 Å². The highest BCUT2D eigenvalue weighted by molar-refractivity contribution is 6.04. The zero-order chi connectivity index (χ0) is 15.5. The van der Waals surface area contributed by atoms with Crippen molar-refractivity contribution in [1.29, 1.82) is 0 Å². The van der Waals surface area contributed by atoms with Crippen molar-refractivity contribution in [2.75, 3.05) is 12.4 Å². The van der Waals surface area contributed by atoms with Crippen molar-refractivity contribution in [3.8, 4) is 0 Å².